The smallest absolute Gasteiger partial charge is 0.178 e. The van der Waals surface area contributed by atoms with Gasteiger partial charge in [0, 0.05) is 5.02 Å². The van der Waals surface area contributed by atoms with Crippen LogP contribution in [0.25, 0.3) is 22.0 Å². The van der Waals surface area contributed by atoms with E-state index in [-0.39, 0.29) is 28.8 Å². The lowest BCUT2D eigenvalue weighted by molar-refractivity contribution is 0.412. The van der Waals surface area contributed by atoms with Gasteiger partial charge in [-0.1, -0.05) is 41.9 Å². The fourth-order valence-electron chi connectivity index (χ4n) is 4.43. The molecule has 0 aliphatic carbocycles. The van der Waals surface area contributed by atoms with Crippen molar-refractivity contribution in [3.8, 4) is 22.1 Å². The molecule has 2 aromatic carbocycles. The number of methoxy groups -OCH3 is 1. The van der Waals surface area contributed by atoms with Crippen molar-refractivity contribution in [2.75, 3.05) is 24.4 Å². The van der Waals surface area contributed by atoms with Gasteiger partial charge in [-0.25, -0.2) is 16.8 Å². The van der Waals surface area contributed by atoms with Crippen LogP contribution < -0.4 is 4.74 Å². The number of aromatic nitrogens is 3. The normalized spacial score (nSPS) is 15.2. The van der Waals surface area contributed by atoms with E-state index in [1.54, 1.807) is 36.0 Å². The summed E-state index contributed by atoms with van der Waals surface area (Å²) < 4.78 is 57.8. The predicted molar refractivity (Wildman–Crippen MR) is 155 cm³/mol. The molecule has 1 aliphatic rings. The molecule has 0 bridgehead atoms. The number of allylic oxidation sites excluding steroid dienone is 1. The van der Waals surface area contributed by atoms with Gasteiger partial charge < -0.3 is 4.74 Å². The number of hydrogen-bond acceptors (Lipinski definition) is 8. The van der Waals surface area contributed by atoms with Crippen LogP contribution in [0.15, 0.2) is 66.1 Å². The highest BCUT2D eigenvalue weighted by molar-refractivity contribution is 7.91. The molecular formula is C27H26ClN3O5S3. The van der Waals surface area contributed by atoms with E-state index in [0.717, 1.165) is 21.6 Å². The van der Waals surface area contributed by atoms with E-state index in [0.29, 0.717) is 35.1 Å². The lowest BCUT2D eigenvalue weighted by atomic mass is 10.0. The van der Waals surface area contributed by atoms with Gasteiger partial charge in [0.2, 0.25) is 0 Å². The molecular weight excluding hydrogens is 578 g/mol. The van der Waals surface area contributed by atoms with Crippen molar-refractivity contribution in [1.82, 2.24) is 14.8 Å². The van der Waals surface area contributed by atoms with E-state index in [1.807, 2.05) is 41.8 Å². The molecule has 8 nitrogen and oxygen atoms in total. The summed E-state index contributed by atoms with van der Waals surface area (Å²) in [6, 6.07) is 16.5. The van der Waals surface area contributed by atoms with E-state index < -0.39 is 19.7 Å². The van der Waals surface area contributed by atoms with Gasteiger partial charge in [-0.2, -0.15) is 0 Å². The number of rotatable bonds is 9. The molecule has 204 valence electrons. The molecule has 3 heterocycles. The molecule has 0 unspecified atom stereocenters. The van der Waals surface area contributed by atoms with Gasteiger partial charge in [0.1, 0.15) is 11.5 Å². The number of benzene rings is 2. The first-order valence-corrected chi connectivity index (χ1v) is 17.1. The third-order valence-electron chi connectivity index (χ3n) is 6.49. The summed E-state index contributed by atoms with van der Waals surface area (Å²) in [5.41, 5.74) is 3.21. The maximum atomic E-state index is 13.2. The lowest BCUT2D eigenvalue weighted by Crippen LogP contribution is -2.16. The first kappa shape index (κ1) is 27.6. The molecule has 0 spiro atoms. The fraction of sp³-hybridized carbons (Fsp3) is 0.259. The van der Waals surface area contributed by atoms with Crippen LogP contribution in [-0.2, 0) is 31.8 Å². The summed E-state index contributed by atoms with van der Waals surface area (Å²) in [4.78, 5) is 0.822. The number of nitrogens with zero attached hydrogens (tertiary/aromatic N) is 3. The maximum Gasteiger partial charge on any atom is 0.178 e. The highest BCUT2D eigenvalue weighted by Gasteiger charge is 2.25. The summed E-state index contributed by atoms with van der Waals surface area (Å²) in [7, 11) is -5.10. The fourth-order valence-corrected chi connectivity index (χ4v) is 7.68. The Morgan fingerprint density at radius 1 is 1.10 bits per heavy atom. The van der Waals surface area contributed by atoms with E-state index >= 15 is 0 Å². The summed E-state index contributed by atoms with van der Waals surface area (Å²) in [5, 5.41) is 11.2. The first-order chi connectivity index (χ1) is 18.6. The summed E-state index contributed by atoms with van der Waals surface area (Å²) in [6.45, 7) is 0. The minimum Gasteiger partial charge on any atom is -0.495 e. The summed E-state index contributed by atoms with van der Waals surface area (Å²) in [6.07, 6.45) is 2.49. The molecule has 0 saturated heterocycles. The van der Waals surface area contributed by atoms with Gasteiger partial charge in [0.15, 0.2) is 31.3 Å². The van der Waals surface area contributed by atoms with Crippen LogP contribution in [-0.4, -0.2) is 56.0 Å². The minimum absolute atomic E-state index is 0.00607. The highest BCUT2D eigenvalue weighted by atomic mass is 35.5. The number of aryl methyl sites for hydroxylation is 1. The van der Waals surface area contributed by atoms with Crippen molar-refractivity contribution in [3.05, 3.63) is 88.0 Å². The van der Waals surface area contributed by atoms with Crippen molar-refractivity contribution < 1.29 is 21.6 Å². The third kappa shape index (κ3) is 6.43. The molecule has 1 aliphatic heterocycles. The number of ether oxygens (including phenoxy) is 1. The van der Waals surface area contributed by atoms with E-state index in [4.69, 9.17) is 16.3 Å². The first-order valence-electron chi connectivity index (χ1n) is 12.2. The third-order valence-corrected chi connectivity index (χ3v) is 10.6. The Hall–Kier alpha value is -2.99. The maximum absolute atomic E-state index is 13.2. The zero-order chi connectivity index (χ0) is 27.6. The molecule has 4 aromatic rings. The van der Waals surface area contributed by atoms with Crippen LogP contribution in [0.4, 0.5) is 0 Å². The molecule has 39 heavy (non-hydrogen) atoms. The Morgan fingerprint density at radius 3 is 2.56 bits per heavy atom. The van der Waals surface area contributed by atoms with Gasteiger partial charge in [0.05, 0.1) is 34.9 Å². The van der Waals surface area contributed by atoms with Crippen molar-refractivity contribution in [2.45, 2.75) is 18.6 Å². The van der Waals surface area contributed by atoms with Crippen LogP contribution in [0, 0.1) is 0 Å². The molecule has 0 atom stereocenters. The second-order valence-electron chi connectivity index (χ2n) is 9.20. The Labute approximate surface area is 236 Å². The Morgan fingerprint density at radius 2 is 1.90 bits per heavy atom. The van der Waals surface area contributed by atoms with Crippen molar-refractivity contribution in [1.29, 1.82) is 0 Å². The second-order valence-corrected chi connectivity index (χ2v) is 15.0. The SMILES string of the molecule is COc1ccc(C2=CCS(=O)(=O)CC2)cc1-n1c(CS(=O)(=O)CCc2ccc(Cl)cc2)nnc1-c1cccs1. The minimum atomic E-state index is -3.56. The molecule has 12 heteroatoms. The zero-order valence-electron chi connectivity index (χ0n) is 21.1. The zero-order valence-corrected chi connectivity index (χ0v) is 24.3. The largest absolute Gasteiger partial charge is 0.495 e. The quantitative estimate of drug-likeness (QED) is 0.264. The molecule has 0 amide bonds. The molecule has 0 saturated carbocycles. The number of sulfone groups is 2. The second kappa shape index (κ2) is 11.2. The van der Waals surface area contributed by atoms with Crippen LogP contribution in [0.2, 0.25) is 5.02 Å². The van der Waals surface area contributed by atoms with Gasteiger partial charge in [-0.15, -0.1) is 21.5 Å². The van der Waals surface area contributed by atoms with Crippen molar-refractivity contribution in [2.24, 2.45) is 0 Å². The van der Waals surface area contributed by atoms with Crippen LogP contribution >= 0.6 is 22.9 Å². The highest BCUT2D eigenvalue weighted by Crippen LogP contribution is 2.35. The molecule has 0 radical (unpaired) electrons. The monoisotopic (exact) mass is 603 g/mol. The van der Waals surface area contributed by atoms with Gasteiger partial charge >= 0.3 is 0 Å². The molecule has 5 rings (SSSR count). The average molecular weight is 604 g/mol. The lowest BCUT2D eigenvalue weighted by Gasteiger charge is -2.18. The molecule has 0 fully saturated rings. The van der Waals surface area contributed by atoms with Gasteiger partial charge in [-0.3, -0.25) is 4.57 Å². The van der Waals surface area contributed by atoms with Gasteiger partial charge in [-0.05, 0) is 65.3 Å². The Kier molecular flexibility index (Phi) is 7.95. The Balaban J connectivity index is 1.54. The van der Waals surface area contributed by atoms with E-state index in [9.17, 15) is 16.8 Å². The van der Waals surface area contributed by atoms with Crippen LogP contribution in [0.5, 0.6) is 5.75 Å². The van der Waals surface area contributed by atoms with Gasteiger partial charge in [0.25, 0.3) is 0 Å². The molecule has 0 N–H and O–H groups in total. The number of halogens is 1. The van der Waals surface area contributed by atoms with Crippen molar-refractivity contribution >= 4 is 48.2 Å². The average Bonchev–Trinajstić information content (AvgIpc) is 3.58. The van der Waals surface area contributed by atoms with E-state index in [1.165, 1.54) is 11.3 Å². The molecule has 2 aromatic heterocycles. The standard InChI is InChI=1S/C27H26ClN3O5S3/c1-36-24-9-6-21(20-11-15-38(32,33)16-12-20)17-23(24)31-26(29-30-27(31)25-3-2-13-37-25)18-39(34,35)14-10-19-4-7-22(28)8-5-19/h2-9,11,13,17H,10,12,14-16,18H2,1H3. The van der Waals surface area contributed by atoms with Crippen molar-refractivity contribution in [3.63, 3.8) is 0 Å². The topological polar surface area (TPSA) is 108 Å². The summed E-state index contributed by atoms with van der Waals surface area (Å²) >= 11 is 7.42. The van der Waals surface area contributed by atoms with Crippen LogP contribution in [0.3, 0.4) is 0 Å². The number of thiophene rings is 1. The number of hydrogen-bond donors (Lipinski definition) is 0. The van der Waals surface area contributed by atoms with Crippen LogP contribution in [0.1, 0.15) is 23.4 Å². The Bertz CT molecular complexity index is 1730. The van der Waals surface area contributed by atoms with E-state index in [2.05, 4.69) is 10.2 Å². The predicted octanol–water partition coefficient (Wildman–Crippen LogP) is 5.02. The summed E-state index contributed by atoms with van der Waals surface area (Å²) in [5.74, 6) is 0.994.